The summed E-state index contributed by atoms with van der Waals surface area (Å²) in [5.41, 5.74) is 0.717. The highest BCUT2D eigenvalue weighted by Gasteiger charge is 2.35. The van der Waals surface area contributed by atoms with Crippen molar-refractivity contribution in [3.8, 4) is 0 Å². The van der Waals surface area contributed by atoms with Crippen LogP contribution in [0.3, 0.4) is 0 Å². The summed E-state index contributed by atoms with van der Waals surface area (Å²) in [5.74, 6) is -0.476. The second kappa shape index (κ2) is 6.80. The Morgan fingerprint density at radius 2 is 2.00 bits per heavy atom. The molecule has 0 atom stereocenters. The minimum Gasteiger partial charge on any atom is -0.301 e. The van der Waals surface area contributed by atoms with E-state index in [1.165, 1.54) is 0 Å². The van der Waals surface area contributed by atoms with Crippen LogP contribution >= 0.6 is 34.5 Å². The van der Waals surface area contributed by atoms with Crippen molar-refractivity contribution in [3.63, 3.8) is 0 Å². The van der Waals surface area contributed by atoms with Gasteiger partial charge in [-0.15, -0.1) is 10.2 Å². The summed E-state index contributed by atoms with van der Waals surface area (Å²) >= 11 is 12.0. The van der Waals surface area contributed by atoms with Gasteiger partial charge in [0, 0.05) is 16.5 Å². The molecule has 0 unspecified atom stereocenters. The van der Waals surface area contributed by atoms with Crippen LogP contribution in [0.5, 0.6) is 0 Å². The molecular formula is C12H8Cl2F3N3OS. The van der Waals surface area contributed by atoms with Gasteiger partial charge < -0.3 is 5.32 Å². The maximum Gasteiger partial charge on any atom is 0.445 e. The second-order valence-electron chi connectivity index (χ2n) is 4.19. The van der Waals surface area contributed by atoms with Crippen molar-refractivity contribution in [2.75, 3.05) is 5.32 Å². The molecule has 118 valence electrons. The molecule has 1 heterocycles. The van der Waals surface area contributed by atoms with E-state index in [1.54, 1.807) is 18.2 Å². The molecule has 1 aromatic carbocycles. The molecule has 1 aromatic heterocycles. The largest absolute Gasteiger partial charge is 0.445 e. The lowest BCUT2D eigenvalue weighted by atomic mass is 10.1. The van der Waals surface area contributed by atoms with Crippen molar-refractivity contribution in [3.05, 3.63) is 38.8 Å². The molecule has 0 fully saturated rings. The number of rotatable bonds is 4. The van der Waals surface area contributed by atoms with Crippen molar-refractivity contribution in [1.82, 2.24) is 10.2 Å². The zero-order valence-corrected chi connectivity index (χ0v) is 13.1. The first-order chi connectivity index (χ1) is 10.3. The van der Waals surface area contributed by atoms with Gasteiger partial charge in [-0.05, 0) is 24.1 Å². The van der Waals surface area contributed by atoms with Crippen molar-refractivity contribution in [2.24, 2.45) is 0 Å². The number of halogens is 5. The third kappa shape index (κ3) is 4.56. The van der Waals surface area contributed by atoms with Gasteiger partial charge in [0.25, 0.3) is 0 Å². The van der Waals surface area contributed by atoms with Crippen LogP contribution in [0.15, 0.2) is 18.2 Å². The van der Waals surface area contributed by atoms with Crippen LogP contribution in [-0.4, -0.2) is 16.1 Å². The summed E-state index contributed by atoms with van der Waals surface area (Å²) in [6, 6.07) is 4.88. The predicted molar refractivity (Wildman–Crippen MR) is 78.3 cm³/mol. The second-order valence-corrected chi connectivity index (χ2v) is 6.02. The fourth-order valence-electron chi connectivity index (χ4n) is 1.54. The van der Waals surface area contributed by atoms with E-state index in [4.69, 9.17) is 23.2 Å². The number of hydrogen-bond acceptors (Lipinski definition) is 4. The summed E-state index contributed by atoms with van der Waals surface area (Å²) in [5, 5.41) is 8.13. The maximum atomic E-state index is 12.4. The summed E-state index contributed by atoms with van der Waals surface area (Å²) in [6.45, 7) is 0. The quantitative estimate of drug-likeness (QED) is 0.866. The first-order valence-corrected chi connectivity index (χ1v) is 7.47. The molecule has 22 heavy (non-hydrogen) atoms. The minimum absolute atomic E-state index is 0.0439. The van der Waals surface area contributed by atoms with Gasteiger partial charge in [0.15, 0.2) is 0 Å². The first-order valence-electron chi connectivity index (χ1n) is 5.90. The highest BCUT2D eigenvalue weighted by Crippen LogP contribution is 2.33. The number of nitrogens with zero attached hydrogens (tertiary/aromatic N) is 2. The molecule has 0 spiro atoms. The van der Waals surface area contributed by atoms with Crippen LogP contribution in [0.4, 0.5) is 18.3 Å². The van der Waals surface area contributed by atoms with E-state index in [1.807, 2.05) is 0 Å². The normalized spacial score (nSPS) is 11.5. The van der Waals surface area contributed by atoms with Crippen LogP contribution in [0.2, 0.25) is 10.0 Å². The van der Waals surface area contributed by atoms with Crippen LogP contribution in [0.1, 0.15) is 17.0 Å². The number of hydrogen-bond donors (Lipinski definition) is 1. The lowest BCUT2D eigenvalue weighted by molar-refractivity contribution is -0.138. The Morgan fingerprint density at radius 3 is 2.59 bits per heavy atom. The number of nitrogens with one attached hydrogen (secondary N) is 1. The number of carbonyl (C=O) groups excluding carboxylic acids is 1. The standard InChI is InChI=1S/C12H8Cl2F3N3OS/c13-7-3-1-6(8(14)5-7)2-4-9(21)18-11-20-19-10(22-11)12(15,16)17/h1,3,5H,2,4H2,(H,18,20,21). The maximum absolute atomic E-state index is 12.4. The highest BCUT2D eigenvalue weighted by molar-refractivity contribution is 7.15. The molecule has 0 saturated carbocycles. The molecule has 2 aromatic rings. The Labute approximate surface area is 137 Å². The number of benzene rings is 1. The third-order valence-electron chi connectivity index (χ3n) is 2.55. The van der Waals surface area contributed by atoms with E-state index >= 15 is 0 Å². The highest BCUT2D eigenvalue weighted by atomic mass is 35.5. The number of carbonyl (C=O) groups is 1. The molecular weight excluding hydrogens is 362 g/mol. The van der Waals surface area contributed by atoms with E-state index in [0.29, 0.717) is 16.5 Å². The molecule has 2 rings (SSSR count). The van der Waals surface area contributed by atoms with Crippen molar-refractivity contribution >= 4 is 45.6 Å². The Morgan fingerprint density at radius 1 is 1.27 bits per heavy atom. The SMILES string of the molecule is O=C(CCc1ccc(Cl)cc1Cl)Nc1nnc(C(F)(F)F)s1. The number of aromatic nitrogens is 2. The lowest BCUT2D eigenvalue weighted by Crippen LogP contribution is -2.12. The molecule has 4 nitrogen and oxygen atoms in total. The Hall–Kier alpha value is -1.38. The molecule has 0 aliphatic rings. The van der Waals surface area contributed by atoms with Gasteiger partial charge >= 0.3 is 6.18 Å². The molecule has 0 aliphatic carbocycles. The van der Waals surface area contributed by atoms with Crippen molar-refractivity contribution in [2.45, 2.75) is 19.0 Å². The van der Waals surface area contributed by atoms with E-state index in [9.17, 15) is 18.0 Å². The van der Waals surface area contributed by atoms with E-state index in [2.05, 4.69) is 15.5 Å². The number of anilines is 1. The van der Waals surface area contributed by atoms with E-state index < -0.39 is 17.1 Å². The summed E-state index contributed by atoms with van der Waals surface area (Å²) in [6.07, 6.45) is -4.20. The summed E-state index contributed by atoms with van der Waals surface area (Å²) < 4.78 is 37.1. The Bertz CT molecular complexity index is 690. The average molecular weight is 370 g/mol. The molecule has 0 saturated heterocycles. The summed E-state index contributed by atoms with van der Waals surface area (Å²) in [4.78, 5) is 11.7. The van der Waals surface area contributed by atoms with Gasteiger partial charge in [0.2, 0.25) is 16.0 Å². The molecule has 0 aliphatic heterocycles. The molecule has 10 heteroatoms. The average Bonchev–Trinajstić information content (AvgIpc) is 2.86. The molecule has 1 N–H and O–H groups in total. The van der Waals surface area contributed by atoms with E-state index in [-0.39, 0.29) is 22.9 Å². The van der Waals surface area contributed by atoms with Gasteiger partial charge in [-0.25, -0.2) is 0 Å². The van der Waals surface area contributed by atoms with Gasteiger partial charge in [-0.2, -0.15) is 13.2 Å². The van der Waals surface area contributed by atoms with Gasteiger partial charge in [-0.3, -0.25) is 4.79 Å². The Kier molecular flexibility index (Phi) is 5.25. The van der Waals surface area contributed by atoms with Crippen LogP contribution < -0.4 is 5.32 Å². The van der Waals surface area contributed by atoms with Crippen LogP contribution in [-0.2, 0) is 17.4 Å². The number of alkyl halides is 3. The number of amides is 1. The van der Waals surface area contributed by atoms with Gasteiger partial charge in [0.05, 0.1) is 0 Å². The van der Waals surface area contributed by atoms with Crippen LogP contribution in [0.25, 0.3) is 0 Å². The molecule has 1 amide bonds. The van der Waals surface area contributed by atoms with Crippen LogP contribution in [0, 0.1) is 0 Å². The van der Waals surface area contributed by atoms with Gasteiger partial charge in [-0.1, -0.05) is 40.6 Å². The molecule has 0 radical (unpaired) electrons. The zero-order valence-electron chi connectivity index (χ0n) is 10.7. The minimum atomic E-state index is -4.57. The Balaban J connectivity index is 1.92. The van der Waals surface area contributed by atoms with Crippen molar-refractivity contribution < 1.29 is 18.0 Å². The lowest BCUT2D eigenvalue weighted by Gasteiger charge is -2.04. The zero-order chi connectivity index (χ0) is 16.3. The fraction of sp³-hybridized carbons (Fsp3) is 0.250. The number of aryl methyl sites for hydroxylation is 1. The third-order valence-corrected chi connectivity index (χ3v) is 4.02. The van der Waals surface area contributed by atoms with Crippen molar-refractivity contribution in [1.29, 1.82) is 0 Å². The molecule has 0 bridgehead atoms. The predicted octanol–water partition coefficient (Wildman–Crippen LogP) is 4.44. The smallest absolute Gasteiger partial charge is 0.301 e. The topological polar surface area (TPSA) is 54.9 Å². The fourth-order valence-corrected chi connectivity index (χ4v) is 2.67. The summed E-state index contributed by atoms with van der Waals surface area (Å²) in [7, 11) is 0. The first kappa shape index (κ1) is 17.0. The monoisotopic (exact) mass is 369 g/mol. The van der Waals surface area contributed by atoms with Gasteiger partial charge in [0.1, 0.15) is 0 Å². The van der Waals surface area contributed by atoms with E-state index in [0.717, 1.165) is 5.56 Å².